The van der Waals surface area contributed by atoms with E-state index in [2.05, 4.69) is 63.0 Å². The van der Waals surface area contributed by atoms with E-state index in [9.17, 15) is 9.59 Å². The molecule has 0 radical (unpaired) electrons. The van der Waals surface area contributed by atoms with Crippen molar-refractivity contribution in [3.05, 3.63) is 76.0 Å². The number of hydrogen-bond acceptors (Lipinski definition) is 8. The maximum atomic E-state index is 13.2. The van der Waals surface area contributed by atoms with Crippen molar-refractivity contribution in [3.8, 4) is 5.82 Å². The number of rotatable bonds is 8. The van der Waals surface area contributed by atoms with Gasteiger partial charge >= 0.3 is 0 Å². The van der Waals surface area contributed by atoms with Crippen molar-refractivity contribution < 1.29 is 0 Å². The smallest absolute Gasteiger partial charge is 0.278 e. The van der Waals surface area contributed by atoms with Crippen LogP contribution in [0.2, 0.25) is 0 Å². The Bertz CT molecular complexity index is 1580. The maximum Gasteiger partial charge on any atom is 0.278 e. The molecule has 11 nitrogen and oxygen atoms in total. The largest absolute Gasteiger partial charge is 0.370 e. The Morgan fingerprint density at radius 3 is 2.58 bits per heavy atom. The molecule has 0 amide bonds. The van der Waals surface area contributed by atoms with E-state index in [1.807, 2.05) is 26.0 Å². The molecule has 1 aliphatic heterocycles. The Hall–Kier alpha value is -4.25. The summed E-state index contributed by atoms with van der Waals surface area (Å²) in [5, 5.41) is 8.11. The Morgan fingerprint density at radius 2 is 1.92 bits per heavy atom. The van der Waals surface area contributed by atoms with Crippen molar-refractivity contribution in [1.82, 2.24) is 34.0 Å². The number of benzene rings is 1. The summed E-state index contributed by atoms with van der Waals surface area (Å²) in [7, 11) is 4.25. The first-order valence-electron chi connectivity index (χ1n) is 12.7. The van der Waals surface area contributed by atoms with E-state index >= 15 is 0 Å². The van der Waals surface area contributed by atoms with Crippen LogP contribution < -0.4 is 21.3 Å². The van der Waals surface area contributed by atoms with E-state index in [1.54, 1.807) is 16.8 Å². The molecular formula is C27H33N9O2. The highest BCUT2D eigenvalue weighted by Crippen LogP contribution is 2.25. The first-order valence-corrected chi connectivity index (χ1v) is 12.7. The van der Waals surface area contributed by atoms with Crippen LogP contribution in [0.4, 0.5) is 17.3 Å². The molecule has 0 spiro atoms. The van der Waals surface area contributed by atoms with Crippen LogP contribution in [0.5, 0.6) is 0 Å². The number of hydrogen-bond donors (Lipinski definition) is 1. The van der Waals surface area contributed by atoms with Gasteiger partial charge in [0.05, 0.1) is 12.6 Å². The van der Waals surface area contributed by atoms with Gasteiger partial charge in [-0.05, 0) is 64.7 Å². The number of aromatic nitrogens is 6. The van der Waals surface area contributed by atoms with Crippen LogP contribution in [0.1, 0.15) is 26.3 Å². The lowest BCUT2D eigenvalue weighted by Gasteiger charge is -2.22. The van der Waals surface area contributed by atoms with Gasteiger partial charge in [-0.3, -0.25) is 9.59 Å². The molecule has 1 saturated heterocycles. The zero-order valence-corrected chi connectivity index (χ0v) is 22.2. The first kappa shape index (κ1) is 25.4. The zero-order chi connectivity index (χ0) is 27.0. The monoisotopic (exact) mass is 515 g/mol. The van der Waals surface area contributed by atoms with E-state index in [1.165, 1.54) is 27.3 Å². The third kappa shape index (κ3) is 4.72. The van der Waals surface area contributed by atoms with Crippen molar-refractivity contribution in [3.63, 3.8) is 0 Å². The topological polar surface area (TPSA) is 106 Å². The van der Waals surface area contributed by atoms with Gasteiger partial charge in [0.1, 0.15) is 5.39 Å². The summed E-state index contributed by atoms with van der Waals surface area (Å²) in [5.41, 5.74) is 1.92. The molecule has 1 aliphatic rings. The summed E-state index contributed by atoms with van der Waals surface area (Å²) in [6.45, 7) is 9.82. The fourth-order valence-corrected chi connectivity index (χ4v) is 4.79. The average molecular weight is 516 g/mol. The molecule has 1 N–H and O–H groups in total. The van der Waals surface area contributed by atoms with E-state index < -0.39 is 0 Å². The molecule has 11 heteroatoms. The predicted octanol–water partition coefficient (Wildman–Crippen LogP) is 2.79. The number of nitrogens with one attached hydrogen (secondary N) is 1. The standard InChI is InChI=1S/C27H33N9O2/c1-6-14-34-26(38)22-16-28-27(30-25(22)36(34)23-11-12-24(37)35(31-23)18(2)3)29-19-7-9-20(10-8-19)33-15-13-21(17-33)32(4)5/h6-12,16,18,21H,1,13-15,17H2,2-5H3,(H,28,29,30). The molecule has 198 valence electrons. The van der Waals surface area contributed by atoms with E-state index in [4.69, 9.17) is 0 Å². The van der Waals surface area contributed by atoms with Crippen molar-refractivity contribution in [2.45, 2.75) is 38.9 Å². The van der Waals surface area contributed by atoms with Gasteiger partial charge < -0.3 is 15.1 Å². The van der Waals surface area contributed by atoms with Gasteiger partial charge in [-0.2, -0.15) is 4.98 Å². The first-order chi connectivity index (χ1) is 18.3. The van der Waals surface area contributed by atoms with E-state index in [0.29, 0.717) is 28.8 Å². The van der Waals surface area contributed by atoms with Gasteiger partial charge in [0.2, 0.25) is 5.95 Å². The number of likely N-dealkylation sites (N-methyl/N-ethyl adjacent to an activating group) is 1. The molecule has 5 rings (SSSR count). The molecule has 0 aliphatic carbocycles. The van der Waals surface area contributed by atoms with Gasteiger partial charge in [0, 0.05) is 42.8 Å². The van der Waals surface area contributed by atoms with Crippen molar-refractivity contribution in [2.24, 2.45) is 0 Å². The zero-order valence-electron chi connectivity index (χ0n) is 22.2. The van der Waals surface area contributed by atoms with Crippen LogP contribution >= 0.6 is 0 Å². The minimum absolute atomic E-state index is 0.145. The van der Waals surface area contributed by atoms with Crippen LogP contribution in [0, 0.1) is 0 Å². The normalized spacial score (nSPS) is 15.6. The minimum Gasteiger partial charge on any atom is -0.370 e. The van der Waals surface area contributed by atoms with Crippen LogP contribution in [0.3, 0.4) is 0 Å². The second kappa shape index (κ2) is 10.3. The highest BCUT2D eigenvalue weighted by molar-refractivity contribution is 5.77. The van der Waals surface area contributed by atoms with Gasteiger partial charge in [-0.25, -0.2) is 19.0 Å². The van der Waals surface area contributed by atoms with Gasteiger partial charge in [-0.1, -0.05) is 6.08 Å². The lowest BCUT2D eigenvalue weighted by Crippen LogP contribution is -2.31. The lowest BCUT2D eigenvalue weighted by molar-refractivity contribution is 0.315. The molecule has 4 heterocycles. The van der Waals surface area contributed by atoms with E-state index in [-0.39, 0.29) is 23.7 Å². The highest BCUT2D eigenvalue weighted by Gasteiger charge is 2.24. The molecule has 1 atom stereocenters. The molecular weight excluding hydrogens is 482 g/mol. The molecule has 1 aromatic carbocycles. The minimum atomic E-state index is -0.262. The van der Waals surface area contributed by atoms with Crippen LogP contribution in [-0.2, 0) is 6.54 Å². The van der Waals surface area contributed by atoms with Crippen LogP contribution in [0.15, 0.2) is 64.8 Å². The number of anilines is 3. The Balaban J connectivity index is 1.49. The second-order valence-corrected chi connectivity index (χ2v) is 10.0. The number of nitrogens with zero attached hydrogens (tertiary/aromatic N) is 8. The molecule has 3 aromatic heterocycles. The molecule has 0 saturated carbocycles. The van der Waals surface area contributed by atoms with Crippen molar-refractivity contribution in [1.29, 1.82) is 0 Å². The summed E-state index contributed by atoms with van der Waals surface area (Å²) in [6, 6.07) is 11.6. The van der Waals surface area contributed by atoms with Crippen LogP contribution in [0.25, 0.3) is 16.9 Å². The fourth-order valence-electron chi connectivity index (χ4n) is 4.79. The summed E-state index contributed by atoms with van der Waals surface area (Å²) in [6.07, 6.45) is 4.30. The molecule has 38 heavy (non-hydrogen) atoms. The quantitative estimate of drug-likeness (QED) is 0.357. The lowest BCUT2D eigenvalue weighted by atomic mass is 10.2. The second-order valence-electron chi connectivity index (χ2n) is 10.0. The van der Waals surface area contributed by atoms with Crippen LogP contribution in [-0.4, -0.2) is 67.2 Å². The third-order valence-electron chi connectivity index (χ3n) is 6.88. The summed E-state index contributed by atoms with van der Waals surface area (Å²) < 4.78 is 4.48. The molecule has 1 unspecified atom stereocenters. The summed E-state index contributed by atoms with van der Waals surface area (Å²) >= 11 is 0. The Morgan fingerprint density at radius 1 is 1.16 bits per heavy atom. The molecule has 0 bridgehead atoms. The molecule has 4 aromatic rings. The fraction of sp³-hybridized carbons (Fsp3) is 0.370. The highest BCUT2D eigenvalue weighted by atomic mass is 16.1. The summed E-state index contributed by atoms with van der Waals surface area (Å²) in [4.78, 5) is 39.2. The van der Waals surface area contributed by atoms with Gasteiger partial charge in [0.15, 0.2) is 11.5 Å². The third-order valence-corrected chi connectivity index (χ3v) is 6.88. The van der Waals surface area contributed by atoms with Gasteiger partial charge in [-0.15, -0.1) is 11.7 Å². The summed E-state index contributed by atoms with van der Waals surface area (Å²) in [5.74, 6) is 0.753. The number of allylic oxidation sites excluding steroid dienone is 1. The average Bonchev–Trinajstić information content (AvgIpc) is 3.49. The van der Waals surface area contributed by atoms with Gasteiger partial charge in [0.25, 0.3) is 11.1 Å². The predicted molar refractivity (Wildman–Crippen MR) is 150 cm³/mol. The SMILES string of the molecule is C=CCn1c(=O)c2cnc(Nc3ccc(N4CCC(N(C)C)C4)cc3)nc2n1-c1ccc(=O)n(C(C)C)n1. The molecule has 1 fully saturated rings. The van der Waals surface area contributed by atoms with Crippen molar-refractivity contribution in [2.75, 3.05) is 37.4 Å². The Kier molecular flexibility index (Phi) is 6.85. The number of fused-ring (bicyclic) bond motifs is 1. The van der Waals surface area contributed by atoms with Crippen molar-refractivity contribution >= 4 is 28.4 Å². The Labute approximate surface area is 220 Å². The maximum absolute atomic E-state index is 13.2. The van der Waals surface area contributed by atoms with E-state index in [0.717, 1.165) is 25.2 Å².